The number of amides is 1. The van der Waals surface area contributed by atoms with Gasteiger partial charge in [-0.2, -0.15) is 5.26 Å². The molecule has 1 saturated heterocycles. The highest BCUT2D eigenvalue weighted by molar-refractivity contribution is 5.94. The average Bonchev–Trinajstić information content (AvgIpc) is 2.41. The molecule has 0 aliphatic carbocycles. The number of aryl methyl sites for hydroxylation is 1. The van der Waals surface area contributed by atoms with Crippen LogP contribution < -0.4 is 0 Å². The molecule has 0 spiro atoms. The minimum absolute atomic E-state index is 0.0245. The molecule has 18 heavy (non-hydrogen) atoms. The number of piperidine rings is 1. The van der Waals surface area contributed by atoms with Crippen LogP contribution in [-0.4, -0.2) is 23.9 Å². The largest absolute Gasteiger partial charge is 0.338 e. The van der Waals surface area contributed by atoms with E-state index in [4.69, 9.17) is 5.26 Å². The lowest BCUT2D eigenvalue weighted by Gasteiger charge is -2.29. The Balaban J connectivity index is 2.13. The van der Waals surface area contributed by atoms with Crippen molar-refractivity contribution < 1.29 is 9.18 Å². The van der Waals surface area contributed by atoms with Crippen LogP contribution in [0.5, 0.6) is 0 Å². The number of hydrogen-bond donors (Lipinski definition) is 0. The number of likely N-dealkylation sites (tertiary alicyclic amines) is 1. The van der Waals surface area contributed by atoms with Crippen LogP contribution in [0.2, 0.25) is 0 Å². The summed E-state index contributed by atoms with van der Waals surface area (Å²) in [7, 11) is 0. The van der Waals surface area contributed by atoms with Crippen molar-refractivity contribution in [3.8, 4) is 6.07 Å². The smallest absolute Gasteiger partial charge is 0.256 e. The van der Waals surface area contributed by atoms with Crippen LogP contribution >= 0.6 is 0 Å². The van der Waals surface area contributed by atoms with Gasteiger partial charge in [-0.1, -0.05) is 12.1 Å². The molecule has 1 amide bonds. The lowest BCUT2D eigenvalue weighted by molar-refractivity contribution is 0.0702. The van der Waals surface area contributed by atoms with Crippen LogP contribution in [0.1, 0.15) is 28.8 Å². The fraction of sp³-hybridized carbons (Fsp3) is 0.429. The Morgan fingerprint density at radius 2 is 2.11 bits per heavy atom. The van der Waals surface area contributed by atoms with E-state index in [9.17, 15) is 9.18 Å². The first kappa shape index (κ1) is 12.6. The number of hydrogen-bond acceptors (Lipinski definition) is 2. The third-order valence-corrected chi connectivity index (χ3v) is 3.39. The van der Waals surface area contributed by atoms with Crippen LogP contribution in [0.25, 0.3) is 0 Å². The van der Waals surface area contributed by atoms with Gasteiger partial charge in [0, 0.05) is 19.0 Å². The topological polar surface area (TPSA) is 44.1 Å². The Bertz CT molecular complexity index is 499. The molecule has 1 aliphatic heterocycles. The van der Waals surface area contributed by atoms with Crippen molar-refractivity contribution in [2.24, 2.45) is 5.92 Å². The van der Waals surface area contributed by atoms with Crippen LogP contribution in [0.4, 0.5) is 4.39 Å². The molecule has 0 saturated carbocycles. The Kier molecular flexibility index (Phi) is 3.61. The quantitative estimate of drug-likeness (QED) is 0.764. The second kappa shape index (κ2) is 5.18. The minimum atomic E-state index is -0.440. The SMILES string of the molecule is Cc1cccc(C(=O)N2CCC(C#N)CC2)c1F. The number of halogens is 1. The summed E-state index contributed by atoms with van der Waals surface area (Å²) in [5, 5.41) is 8.80. The molecule has 2 rings (SSSR count). The Morgan fingerprint density at radius 1 is 1.44 bits per heavy atom. The van der Waals surface area contributed by atoms with E-state index in [-0.39, 0.29) is 17.4 Å². The maximum absolute atomic E-state index is 13.9. The summed E-state index contributed by atoms with van der Waals surface area (Å²) >= 11 is 0. The highest BCUT2D eigenvalue weighted by atomic mass is 19.1. The molecule has 0 aromatic heterocycles. The molecule has 1 aromatic carbocycles. The lowest BCUT2D eigenvalue weighted by atomic mass is 9.98. The van der Waals surface area contributed by atoms with Gasteiger partial charge < -0.3 is 4.90 Å². The zero-order chi connectivity index (χ0) is 13.1. The predicted molar refractivity (Wildman–Crippen MR) is 65.4 cm³/mol. The van der Waals surface area contributed by atoms with E-state index >= 15 is 0 Å². The number of carbonyl (C=O) groups is 1. The molecule has 0 bridgehead atoms. The van der Waals surface area contributed by atoms with Crippen molar-refractivity contribution >= 4 is 5.91 Å². The van der Waals surface area contributed by atoms with E-state index in [0.29, 0.717) is 31.5 Å². The van der Waals surface area contributed by atoms with E-state index < -0.39 is 5.82 Å². The predicted octanol–water partition coefficient (Wildman–Crippen LogP) is 2.51. The molecule has 4 heteroatoms. The van der Waals surface area contributed by atoms with Crippen LogP contribution in [0, 0.1) is 30.0 Å². The van der Waals surface area contributed by atoms with E-state index in [1.165, 1.54) is 6.07 Å². The van der Waals surface area contributed by atoms with E-state index in [0.717, 1.165) is 0 Å². The van der Waals surface area contributed by atoms with Gasteiger partial charge in [0.1, 0.15) is 5.82 Å². The normalized spacial score (nSPS) is 16.4. The first-order chi connectivity index (χ1) is 8.63. The summed E-state index contributed by atoms with van der Waals surface area (Å²) in [6.07, 6.45) is 1.35. The van der Waals surface area contributed by atoms with Crippen molar-refractivity contribution in [3.05, 3.63) is 35.1 Å². The Hall–Kier alpha value is -1.89. The number of carbonyl (C=O) groups excluding carboxylic acids is 1. The monoisotopic (exact) mass is 246 g/mol. The van der Waals surface area contributed by atoms with E-state index in [2.05, 4.69) is 6.07 Å². The maximum atomic E-state index is 13.9. The number of benzene rings is 1. The van der Waals surface area contributed by atoms with Crippen LogP contribution in [-0.2, 0) is 0 Å². The summed E-state index contributed by atoms with van der Waals surface area (Å²) in [6.45, 7) is 2.71. The zero-order valence-corrected chi connectivity index (χ0v) is 10.3. The molecule has 1 aliphatic rings. The lowest BCUT2D eigenvalue weighted by Crippen LogP contribution is -2.38. The van der Waals surface area contributed by atoms with Gasteiger partial charge in [0.25, 0.3) is 5.91 Å². The molecule has 0 N–H and O–H groups in total. The Labute approximate surface area is 106 Å². The number of rotatable bonds is 1. The second-order valence-electron chi connectivity index (χ2n) is 4.63. The van der Waals surface area contributed by atoms with Gasteiger partial charge in [-0.25, -0.2) is 4.39 Å². The van der Waals surface area contributed by atoms with Crippen LogP contribution in [0.15, 0.2) is 18.2 Å². The van der Waals surface area contributed by atoms with Gasteiger partial charge in [-0.05, 0) is 31.4 Å². The van der Waals surface area contributed by atoms with Gasteiger partial charge in [-0.15, -0.1) is 0 Å². The molecule has 1 heterocycles. The molecule has 1 aromatic rings. The molecule has 94 valence electrons. The summed E-state index contributed by atoms with van der Waals surface area (Å²) < 4.78 is 13.9. The van der Waals surface area contributed by atoms with Crippen LogP contribution in [0.3, 0.4) is 0 Å². The highest BCUT2D eigenvalue weighted by Crippen LogP contribution is 2.20. The number of nitrogens with zero attached hydrogens (tertiary/aromatic N) is 2. The second-order valence-corrected chi connectivity index (χ2v) is 4.63. The summed E-state index contributed by atoms with van der Waals surface area (Å²) in [6, 6.07) is 7.06. The standard InChI is InChI=1S/C14H15FN2O/c1-10-3-2-4-12(13(10)15)14(18)17-7-5-11(9-16)6-8-17/h2-4,11H,5-8H2,1H3. The maximum Gasteiger partial charge on any atom is 0.256 e. The third-order valence-electron chi connectivity index (χ3n) is 3.39. The zero-order valence-electron chi connectivity index (χ0n) is 10.3. The molecule has 0 unspecified atom stereocenters. The molecule has 0 atom stereocenters. The van der Waals surface area contributed by atoms with Gasteiger partial charge >= 0.3 is 0 Å². The van der Waals surface area contributed by atoms with E-state index in [1.54, 1.807) is 24.0 Å². The molecular weight excluding hydrogens is 231 g/mol. The third kappa shape index (κ3) is 2.35. The molecule has 1 fully saturated rings. The Morgan fingerprint density at radius 3 is 2.72 bits per heavy atom. The molecule has 3 nitrogen and oxygen atoms in total. The summed E-state index contributed by atoms with van der Waals surface area (Å²) in [4.78, 5) is 13.8. The molecular formula is C14H15FN2O. The highest BCUT2D eigenvalue weighted by Gasteiger charge is 2.25. The first-order valence-corrected chi connectivity index (χ1v) is 6.07. The first-order valence-electron chi connectivity index (χ1n) is 6.07. The van der Waals surface area contributed by atoms with Gasteiger partial charge in [0.2, 0.25) is 0 Å². The average molecular weight is 246 g/mol. The van der Waals surface area contributed by atoms with Crippen molar-refractivity contribution in [2.45, 2.75) is 19.8 Å². The van der Waals surface area contributed by atoms with Crippen molar-refractivity contribution in [1.82, 2.24) is 4.90 Å². The van der Waals surface area contributed by atoms with Crippen molar-refractivity contribution in [3.63, 3.8) is 0 Å². The van der Waals surface area contributed by atoms with Gasteiger partial charge in [-0.3, -0.25) is 4.79 Å². The van der Waals surface area contributed by atoms with E-state index in [1.807, 2.05) is 0 Å². The fourth-order valence-corrected chi connectivity index (χ4v) is 2.19. The van der Waals surface area contributed by atoms with Crippen molar-refractivity contribution in [2.75, 3.05) is 13.1 Å². The fourth-order valence-electron chi connectivity index (χ4n) is 2.19. The van der Waals surface area contributed by atoms with Gasteiger partial charge in [0.05, 0.1) is 11.6 Å². The number of nitriles is 1. The summed E-state index contributed by atoms with van der Waals surface area (Å²) in [5.74, 6) is -0.686. The minimum Gasteiger partial charge on any atom is -0.338 e. The van der Waals surface area contributed by atoms with Gasteiger partial charge in [0.15, 0.2) is 0 Å². The van der Waals surface area contributed by atoms with Crippen molar-refractivity contribution in [1.29, 1.82) is 5.26 Å². The summed E-state index contributed by atoms with van der Waals surface area (Å²) in [5.41, 5.74) is 0.609. The molecule has 0 radical (unpaired) electrons.